The number of hydrogen-bond acceptors (Lipinski definition) is 6. The molecule has 154 valence electrons. The molecule has 0 saturated carbocycles. The fraction of sp³-hybridized carbons (Fsp3) is 0.286. The van der Waals surface area contributed by atoms with Crippen LogP contribution in [0.4, 0.5) is 5.69 Å². The number of aryl methyl sites for hydroxylation is 4. The van der Waals surface area contributed by atoms with Crippen LogP contribution in [0.25, 0.3) is 11.5 Å². The number of anilines is 1. The SMILES string of the molecule is Cc1ccc(-n2nc(C)c(NC(=O)CSc3nnc4nc(C)cc(C)n34)c2C)cc1. The molecule has 8 nitrogen and oxygen atoms in total. The Morgan fingerprint density at radius 3 is 2.53 bits per heavy atom. The number of aromatic nitrogens is 6. The Hall–Kier alpha value is -3.20. The molecule has 9 heteroatoms. The minimum absolute atomic E-state index is 0.121. The molecule has 0 unspecified atom stereocenters. The Kier molecular flexibility index (Phi) is 5.29. The third kappa shape index (κ3) is 3.80. The fourth-order valence-electron chi connectivity index (χ4n) is 3.36. The summed E-state index contributed by atoms with van der Waals surface area (Å²) in [6, 6.07) is 10.1. The quantitative estimate of drug-likeness (QED) is 0.496. The molecular weight excluding hydrogens is 398 g/mol. The molecule has 3 heterocycles. The summed E-state index contributed by atoms with van der Waals surface area (Å²) in [6.07, 6.45) is 0. The molecule has 0 aliphatic heterocycles. The van der Waals surface area contributed by atoms with Gasteiger partial charge in [-0.1, -0.05) is 29.5 Å². The van der Waals surface area contributed by atoms with E-state index in [9.17, 15) is 4.79 Å². The van der Waals surface area contributed by atoms with E-state index in [-0.39, 0.29) is 11.7 Å². The monoisotopic (exact) mass is 421 g/mol. The van der Waals surface area contributed by atoms with Gasteiger partial charge in [0.05, 0.1) is 28.5 Å². The number of fused-ring (bicyclic) bond motifs is 1. The van der Waals surface area contributed by atoms with Crippen molar-refractivity contribution in [3.8, 4) is 5.69 Å². The van der Waals surface area contributed by atoms with Crippen molar-refractivity contribution >= 4 is 29.1 Å². The van der Waals surface area contributed by atoms with Crippen molar-refractivity contribution in [3.63, 3.8) is 0 Å². The molecule has 30 heavy (non-hydrogen) atoms. The van der Waals surface area contributed by atoms with Crippen LogP contribution >= 0.6 is 11.8 Å². The molecule has 4 rings (SSSR count). The number of amides is 1. The molecule has 0 radical (unpaired) electrons. The van der Waals surface area contributed by atoms with Crippen molar-refractivity contribution in [2.45, 2.75) is 39.8 Å². The molecule has 3 aromatic heterocycles. The van der Waals surface area contributed by atoms with Crippen molar-refractivity contribution in [1.29, 1.82) is 0 Å². The van der Waals surface area contributed by atoms with Crippen LogP contribution in [0.15, 0.2) is 35.5 Å². The van der Waals surface area contributed by atoms with Crippen LogP contribution in [0.3, 0.4) is 0 Å². The predicted molar refractivity (Wildman–Crippen MR) is 117 cm³/mol. The average Bonchev–Trinajstić information content (AvgIpc) is 3.23. The summed E-state index contributed by atoms with van der Waals surface area (Å²) >= 11 is 1.33. The van der Waals surface area contributed by atoms with Gasteiger partial charge in [-0.3, -0.25) is 9.20 Å². The molecule has 1 amide bonds. The topological polar surface area (TPSA) is 90.0 Å². The summed E-state index contributed by atoms with van der Waals surface area (Å²) < 4.78 is 3.71. The Morgan fingerprint density at radius 1 is 1.07 bits per heavy atom. The Labute approximate surface area is 178 Å². The van der Waals surface area contributed by atoms with Crippen LogP contribution in [-0.2, 0) is 4.79 Å². The molecule has 4 aromatic rings. The lowest BCUT2D eigenvalue weighted by Gasteiger charge is -2.08. The van der Waals surface area contributed by atoms with Crippen molar-refractivity contribution in [1.82, 2.24) is 29.4 Å². The Morgan fingerprint density at radius 2 is 1.80 bits per heavy atom. The summed E-state index contributed by atoms with van der Waals surface area (Å²) in [4.78, 5) is 17.0. The van der Waals surface area contributed by atoms with Crippen LogP contribution in [0.2, 0.25) is 0 Å². The smallest absolute Gasteiger partial charge is 0.256 e. The van der Waals surface area contributed by atoms with Gasteiger partial charge in [0.15, 0.2) is 5.16 Å². The second-order valence-corrected chi connectivity index (χ2v) is 8.23. The number of hydrogen-bond donors (Lipinski definition) is 1. The number of nitrogens with one attached hydrogen (secondary N) is 1. The van der Waals surface area contributed by atoms with E-state index in [2.05, 4.69) is 25.6 Å². The normalized spacial score (nSPS) is 11.2. The van der Waals surface area contributed by atoms with Gasteiger partial charge in [-0.2, -0.15) is 5.10 Å². The first-order valence-electron chi connectivity index (χ1n) is 9.59. The second-order valence-electron chi connectivity index (χ2n) is 7.29. The maximum absolute atomic E-state index is 12.6. The van der Waals surface area contributed by atoms with Gasteiger partial charge in [-0.25, -0.2) is 9.67 Å². The third-order valence-corrected chi connectivity index (χ3v) is 5.76. The molecule has 0 atom stereocenters. The average molecular weight is 422 g/mol. The highest BCUT2D eigenvalue weighted by Gasteiger charge is 2.17. The van der Waals surface area contributed by atoms with Crippen LogP contribution in [0, 0.1) is 34.6 Å². The lowest BCUT2D eigenvalue weighted by atomic mass is 10.2. The van der Waals surface area contributed by atoms with Crippen molar-refractivity contribution < 1.29 is 4.79 Å². The van der Waals surface area contributed by atoms with Crippen LogP contribution in [0.5, 0.6) is 0 Å². The molecule has 0 saturated heterocycles. The number of thioether (sulfide) groups is 1. The standard InChI is InChI=1S/C21H23N7OS/c1-12-6-8-17(9-7-12)28-16(5)19(15(4)26-28)23-18(29)11-30-21-25-24-20-22-13(2)10-14(3)27(20)21/h6-10H,11H2,1-5H3,(H,23,29). The molecular formula is C21H23N7OS. The number of nitrogens with zero attached hydrogens (tertiary/aromatic N) is 6. The van der Waals surface area contributed by atoms with Gasteiger partial charge < -0.3 is 5.32 Å². The second kappa shape index (κ2) is 7.91. The van der Waals surface area contributed by atoms with Gasteiger partial charge in [0.25, 0.3) is 5.78 Å². The predicted octanol–water partition coefficient (Wildman–Crippen LogP) is 3.58. The van der Waals surface area contributed by atoms with Crippen molar-refractivity contribution in [3.05, 3.63) is 58.7 Å². The maximum atomic E-state index is 12.6. The van der Waals surface area contributed by atoms with Crippen LogP contribution in [0.1, 0.15) is 28.3 Å². The van der Waals surface area contributed by atoms with Crippen LogP contribution in [-0.4, -0.2) is 41.0 Å². The van der Waals surface area contributed by atoms with E-state index in [4.69, 9.17) is 0 Å². The minimum atomic E-state index is -0.121. The Bertz CT molecular complexity index is 1240. The van der Waals surface area contributed by atoms with Gasteiger partial charge in [-0.15, -0.1) is 10.2 Å². The number of carbonyl (C=O) groups is 1. The number of carbonyl (C=O) groups excluding carboxylic acids is 1. The van der Waals surface area contributed by atoms with E-state index in [1.807, 2.05) is 74.0 Å². The maximum Gasteiger partial charge on any atom is 0.256 e. The van der Waals surface area contributed by atoms with Gasteiger partial charge >= 0.3 is 0 Å². The zero-order chi connectivity index (χ0) is 21.4. The van der Waals surface area contributed by atoms with Gasteiger partial charge in [0, 0.05) is 11.4 Å². The minimum Gasteiger partial charge on any atom is -0.322 e. The molecule has 0 fully saturated rings. The molecule has 0 aliphatic carbocycles. The van der Waals surface area contributed by atoms with E-state index in [1.54, 1.807) is 0 Å². The molecule has 0 aliphatic rings. The molecule has 0 spiro atoms. The zero-order valence-corrected chi connectivity index (χ0v) is 18.4. The zero-order valence-electron chi connectivity index (χ0n) is 17.6. The first-order valence-corrected chi connectivity index (χ1v) is 10.6. The van der Waals surface area contributed by atoms with Crippen LogP contribution < -0.4 is 5.32 Å². The molecule has 1 aromatic carbocycles. The van der Waals surface area contributed by atoms with E-state index in [1.165, 1.54) is 17.3 Å². The Balaban J connectivity index is 1.49. The molecule has 0 bridgehead atoms. The highest BCUT2D eigenvalue weighted by molar-refractivity contribution is 7.99. The fourth-order valence-corrected chi connectivity index (χ4v) is 4.15. The third-order valence-electron chi connectivity index (χ3n) is 4.83. The van der Waals surface area contributed by atoms with Gasteiger partial charge in [0.1, 0.15) is 0 Å². The van der Waals surface area contributed by atoms with Crippen molar-refractivity contribution in [2.75, 3.05) is 11.1 Å². The summed E-state index contributed by atoms with van der Waals surface area (Å²) in [7, 11) is 0. The largest absolute Gasteiger partial charge is 0.322 e. The lowest BCUT2D eigenvalue weighted by Crippen LogP contribution is -2.15. The summed E-state index contributed by atoms with van der Waals surface area (Å²) in [5, 5.41) is 16.5. The highest BCUT2D eigenvalue weighted by atomic mass is 32.2. The number of benzene rings is 1. The summed E-state index contributed by atoms with van der Waals surface area (Å²) in [6.45, 7) is 9.78. The molecule has 1 N–H and O–H groups in total. The lowest BCUT2D eigenvalue weighted by molar-refractivity contribution is -0.113. The summed E-state index contributed by atoms with van der Waals surface area (Å²) in [5.74, 6) is 0.633. The first-order chi connectivity index (χ1) is 14.3. The first kappa shape index (κ1) is 20.1. The van der Waals surface area contributed by atoms with E-state index < -0.39 is 0 Å². The highest BCUT2D eigenvalue weighted by Crippen LogP contribution is 2.24. The van der Waals surface area contributed by atoms with Gasteiger partial charge in [0.2, 0.25) is 5.91 Å². The van der Waals surface area contributed by atoms with Gasteiger partial charge in [-0.05, 0) is 52.8 Å². The van der Waals surface area contributed by atoms with Crippen molar-refractivity contribution in [2.24, 2.45) is 0 Å². The van der Waals surface area contributed by atoms with E-state index >= 15 is 0 Å². The van der Waals surface area contributed by atoms with E-state index in [0.717, 1.165) is 34.2 Å². The van der Waals surface area contributed by atoms with E-state index in [0.29, 0.717) is 10.9 Å². The summed E-state index contributed by atoms with van der Waals surface area (Å²) in [5.41, 5.74) is 6.42. The number of rotatable bonds is 5.